The highest BCUT2D eigenvalue weighted by Gasteiger charge is 2.11. The lowest BCUT2D eigenvalue weighted by Gasteiger charge is -2.03. The minimum Gasteiger partial charge on any atom is -0.454 e. The minimum atomic E-state index is -0.494. The smallest absolute Gasteiger partial charge is 0.338 e. The van der Waals surface area contributed by atoms with Crippen molar-refractivity contribution in [2.24, 2.45) is 0 Å². The summed E-state index contributed by atoms with van der Waals surface area (Å²) in [5.41, 5.74) is 0.875. The first-order valence-electron chi connectivity index (χ1n) is 5.26. The van der Waals surface area contributed by atoms with E-state index in [-0.39, 0.29) is 12.4 Å². The first-order chi connectivity index (χ1) is 8.66. The molecule has 92 valence electrons. The summed E-state index contributed by atoms with van der Waals surface area (Å²) in [6, 6.07) is 10.3. The van der Waals surface area contributed by atoms with Gasteiger partial charge in [-0.25, -0.2) is 4.79 Å². The fourth-order valence-corrected chi connectivity index (χ4v) is 1.74. The summed E-state index contributed by atoms with van der Waals surface area (Å²) in [4.78, 5) is 26.0. The number of rotatable bonds is 4. The molecule has 0 aliphatic rings. The second-order valence-electron chi connectivity index (χ2n) is 3.59. The molecular formula is C13H10INO3. The Balaban J connectivity index is 1.92. The summed E-state index contributed by atoms with van der Waals surface area (Å²) in [7, 11) is 0. The molecule has 0 spiro atoms. The van der Waals surface area contributed by atoms with Crippen LogP contribution >= 0.6 is 22.6 Å². The summed E-state index contributed by atoms with van der Waals surface area (Å²) in [5.74, 6) is -0.745. The fraction of sp³-hybridized carbons (Fsp3) is 0.0769. The highest BCUT2D eigenvalue weighted by molar-refractivity contribution is 14.1. The van der Waals surface area contributed by atoms with Gasteiger partial charge in [0.15, 0.2) is 6.61 Å². The zero-order valence-corrected chi connectivity index (χ0v) is 11.5. The van der Waals surface area contributed by atoms with E-state index in [1.165, 1.54) is 0 Å². The molecule has 1 N–H and O–H groups in total. The van der Waals surface area contributed by atoms with Crippen LogP contribution in [0.3, 0.4) is 0 Å². The Kier molecular flexibility index (Phi) is 4.14. The number of aromatic amines is 1. The first-order valence-corrected chi connectivity index (χ1v) is 6.34. The summed E-state index contributed by atoms with van der Waals surface area (Å²) >= 11 is 2.15. The second kappa shape index (κ2) is 5.81. The second-order valence-corrected chi connectivity index (χ2v) is 4.84. The number of hydrogen-bond donors (Lipinski definition) is 1. The van der Waals surface area contributed by atoms with Gasteiger partial charge in [0.25, 0.3) is 0 Å². The van der Waals surface area contributed by atoms with Gasteiger partial charge in [-0.05, 0) is 59.0 Å². The summed E-state index contributed by atoms with van der Waals surface area (Å²) in [6.07, 6.45) is 1.65. The van der Waals surface area contributed by atoms with Gasteiger partial charge in [-0.15, -0.1) is 0 Å². The molecule has 0 aliphatic heterocycles. The Bertz CT molecular complexity index is 546. The molecule has 5 heteroatoms. The van der Waals surface area contributed by atoms with E-state index in [1.807, 2.05) is 12.1 Å². The van der Waals surface area contributed by atoms with Crippen molar-refractivity contribution >= 4 is 34.3 Å². The molecule has 18 heavy (non-hydrogen) atoms. The highest BCUT2D eigenvalue weighted by atomic mass is 127. The maximum atomic E-state index is 11.6. The van der Waals surface area contributed by atoms with Crippen LogP contribution in [0.15, 0.2) is 42.6 Å². The predicted molar refractivity (Wildman–Crippen MR) is 74.6 cm³/mol. The number of nitrogens with one attached hydrogen (secondary N) is 1. The van der Waals surface area contributed by atoms with Crippen molar-refractivity contribution in [3.63, 3.8) is 0 Å². The van der Waals surface area contributed by atoms with Crippen molar-refractivity contribution in [1.29, 1.82) is 0 Å². The minimum absolute atomic E-state index is 0.251. The van der Waals surface area contributed by atoms with E-state index in [1.54, 1.807) is 30.5 Å². The van der Waals surface area contributed by atoms with E-state index < -0.39 is 5.97 Å². The fourth-order valence-electron chi connectivity index (χ4n) is 1.38. The molecule has 1 aromatic heterocycles. The van der Waals surface area contributed by atoms with Crippen molar-refractivity contribution in [1.82, 2.24) is 4.98 Å². The lowest BCUT2D eigenvalue weighted by Crippen LogP contribution is -2.14. The average Bonchev–Trinajstić information content (AvgIpc) is 2.90. The van der Waals surface area contributed by atoms with E-state index >= 15 is 0 Å². The van der Waals surface area contributed by atoms with E-state index in [0.717, 1.165) is 3.57 Å². The number of aromatic nitrogens is 1. The summed E-state index contributed by atoms with van der Waals surface area (Å²) < 4.78 is 5.98. The van der Waals surface area contributed by atoms with Gasteiger partial charge >= 0.3 is 5.97 Å². The van der Waals surface area contributed by atoms with Gasteiger partial charge in [-0.2, -0.15) is 0 Å². The molecule has 1 heterocycles. The number of ether oxygens (including phenoxy) is 1. The third-order valence-corrected chi connectivity index (χ3v) is 3.03. The number of ketones is 1. The van der Waals surface area contributed by atoms with Crippen molar-refractivity contribution in [2.75, 3.05) is 6.61 Å². The Morgan fingerprint density at radius 2 is 1.89 bits per heavy atom. The van der Waals surface area contributed by atoms with Crippen molar-refractivity contribution in [3.8, 4) is 0 Å². The molecule has 0 aliphatic carbocycles. The van der Waals surface area contributed by atoms with Crippen LogP contribution in [0.4, 0.5) is 0 Å². The van der Waals surface area contributed by atoms with E-state index in [9.17, 15) is 9.59 Å². The van der Waals surface area contributed by atoms with Gasteiger partial charge < -0.3 is 9.72 Å². The molecule has 0 unspecified atom stereocenters. The van der Waals surface area contributed by atoms with Crippen LogP contribution in [0.1, 0.15) is 20.8 Å². The van der Waals surface area contributed by atoms with Gasteiger partial charge in [-0.3, -0.25) is 4.79 Å². The third kappa shape index (κ3) is 3.19. The first kappa shape index (κ1) is 12.8. The molecule has 0 saturated carbocycles. The Labute approximate surface area is 117 Å². The lowest BCUT2D eigenvalue weighted by molar-refractivity contribution is 0.0473. The van der Waals surface area contributed by atoms with Gasteiger partial charge in [0.2, 0.25) is 5.78 Å². The number of halogens is 1. The molecule has 1 aromatic carbocycles. The number of esters is 1. The zero-order valence-electron chi connectivity index (χ0n) is 9.35. The predicted octanol–water partition coefficient (Wildman–Crippen LogP) is 2.66. The van der Waals surface area contributed by atoms with Crippen molar-refractivity contribution < 1.29 is 14.3 Å². The number of benzene rings is 1. The Morgan fingerprint density at radius 1 is 1.17 bits per heavy atom. The van der Waals surface area contributed by atoms with Crippen molar-refractivity contribution in [2.45, 2.75) is 0 Å². The number of H-pyrrole nitrogens is 1. The zero-order chi connectivity index (χ0) is 13.0. The maximum Gasteiger partial charge on any atom is 0.338 e. The normalized spacial score (nSPS) is 10.1. The third-order valence-electron chi connectivity index (χ3n) is 2.31. The van der Waals surface area contributed by atoms with Gasteiger partial charge in [0.1, 0.15) is 0 Å². The van der Waals surface area contributed by atoms with Crippen LogP contribution < -0.4 is 0 Å². The number of Topliss-reactive ketones (excluding diaryl/α,β-unsaturated/α-hetero) is 1. The number of hydrogen-bond acceptors (Lipinski definition) is 3. The van der Waals surface area contributed by atoms with Gasteiger partial charge in [-0.1, -0.05) is 0 Å². The highest BCUT2D eigenvalue weighted by Crippen LogP contribution is 2.08. The van der Waals surface area contributed by atoms with Crippen LogP contribution in [-0.2, 0) is 4.74 Å². The Hall–Kier alpha value is -1.63. The molecule has 2 aromatic rings. The van der Waals surface area contributed by atoms with E-state index in [0.29, 0.717) is 11.3 Å². The molecule has 0 saturated heterocycles. The number of carbonyl (C=O) groups is 2. The quantitative estimate of drug-likeness (QED) is 0.521. The van der Waals surface area contributed by atoms with E-state index in [2.05, 4.69) is 27.6 Å². The van der Waals surface area contributed by atoms with Crippen LogP contribution in [0.5, 0.6) is 0 Å². The number of carbonyl (C=O) groups excluding carboxylic acids is 2. The van der Waals surface area contributed by atoms with Crippen molar-refractivity contribution in [3.05, 3.63) is 57.4 Å². The monoisotopic (exact) mass is 355 g/mol. The van der Waals surface area contributed by atoms with Gasteiger partial charge in [0.05, 0.1) is 11.3 Å². The maximum absolute atomic E-state index is 11.6. The molecule has 4 nitrogen and oxygen atoms in total. The SMILES string of the molecule is O=C(OCC(=O)c1ccc[nH]1)c1ccc(I)cc1. The molecule has 0 radical (unpaired) electrons. The molecule has 0 fully saturated rings. The molecule has 0 atom stereocenters. The topological polar surface area (TPSA) is 59.2 Å². The molecular weight excluding hydrogens is 345 g/mol. The molecule has 2 rings (SSSR count). The van der Waals surface area contributed by atoms with Crippen LogP contribution in [-0.4, -0.2) is 23.3 Å². The molecule has 0 amide bonds. The molecule has 0 bridgehead atoms. The largest absolute Gasteiger partial charge is 0.454 e. The lowest BCUT2D eigenvalue weighted by atomic mass is 10.2. The summed E-state index contributed by atoms with van der Waals surface area (Å²) in [6.45, 7) is -0.259. The Morgan fingerprint density at radius 3 is 2.50 bits per heavy atom. The summed E-state index contributed by atoms with van der Waals surface area (Å²) in [5, 5.41) is 0. The average molecular weight is 355 g/mol. The van der Waals surface area contributed by atoms with E-state index in [4.69, 9.17) is 4.74 Å². The van der Waals surface area contributed by atoms with Gasteiger partial charge in [0, 0.05) is 9.77 Å². The van der Waals surface area contributed by atoms with Crippen LogP contribution in [0.25, 0.3) is 0 Å². The van der Waals surface area contributed by atoms with Crippen LogP contribution in [0.2, 0.25) is 0 Å². The van der Waals surface area contributed by atoms with Crippen LogP contribution in [0, 0.1) is 3.57 Å². The standard InChI is InChI=1S/C13H10INO3/c14-10-5-3-9(4-6-10)13(17)18-8-12(16)11-2-1-7-15-11/h1-7,15H,8H2.